The van der Waals surface area contributed by atoms with Gasteiger partial charge >= 0.3 is 0 Å². The third-order valence-electron chi connectivity index (χ3n) is 3.85. The Hall–Kier alpha value is -0.620. The van der Waals surface area contributed by atoms with Crippen molar-refractivity contribution in [2.75, 3.05) is 24.6 Å². The first kappa shape index (κ1) is 13.8. The molecular weight excluding hydrogens is 252 g/mol. The minimum Gasteiger partial charge on any atom is -0.340 e. The summed E-state index contributed by atoms with van der Waals surface area (Å²) in [6.45, 7) is 3.36. The molecule has 2 unspecified atom stereocenters. The Balaban J connectivity index is 1.90. The number of rotatable bonds is 2. The van der Waals surface area contributed by atoms with Gasteiger partial charge in [0.2, 0.25) is 5.91 Å². The van der Waals surface area contributed by atoms with E-state index in [9.17, 15) is 13.2 Å². The van der Waals surface area contributed by atoms with Crippen molar-refractivity contribution in [1.29, 1.82) is 0 Å². The topological polar surface area (TPSA) is 66.5 Å². The zero-order valence-electron chi connectivity index (χ0n) is 10.9. The number of nitrogens with one attached hydrogen (secondary N) is 1. The molecule has 0 aromatic carbocycles. The van der Waals surface area contributed by atoms with Crippen LogP contribution in [0.5, 0.6) is 0 Å². The van der Waals surface area contributed by atoms with Crippen molar-refractivity contribution >= 4 is 15.7 Å². The van der Waals surface area contributed by atoms with Crippen molar-refractivity contribution in [2.45, 2.75) is 44.7 Å². The molecule has 104 valence electrons. The van der Waals surface area contributed by atoms with Gasteiger partial charge in [-0.1, -0.05) is 0 Å². The highest BCUT2D eigenvalue weighted by Gasteiger charge is 2.29. The summed E-state index contributed by atoms with van der Waals surface area (Å²) < 4.78 is 23.0. The summed E-state index contributed by atoms with van der Waals surface area (Å²) in [6, 6.07) is 0.0943. The molecule has 2 aliphatic rings. The Labute approximate surface area is 109 Å². The van der Waals surface area contributed by atoms with Crippen molar-refractivity contribution in [3.8, 4) is 0 Å². The molecule has 1 N–H and O–H groups in total. The van der Waals surface area contributed by atoms with E-state index in [-0.39, 0.29) is 23.5 Å². The Bertz CT molecular complexity index is 408. The highest BCUT2D eigenvalue weighted by atomic mass is 32.2. The molecule has 2 saturated heterocycles. The molecule has 0 saturated carbocycles. The van der Waals surface area contributed by atoms with Crippen molar-refractivity contribution in [1.82, 2.24) is 10.2 Å². The molecule has 1 amide bonds. The first-order chi connectivity index (χ1) is 8.48. The van der Waals surface area contributed by atoms with Crippen LogP contribution < -0.4 is 5.32 Å². The van der Waals surface area contributed by atoms with Crippen LogP contribution in [0.1, 0.15) is 32.6 Å². The lowest BCUT2D eigenvalue weighted by molar-refractivity contribution is -0.134. The standard InChI is InChI=1S/C12H22N2O3S/c1-10-4-2-3-6-14(10)12(15)8-11-9-18(16,17)7-5-13-11/h10-11,13H,2-9H2,1H3. The zero-order chi connectivity index (χ0) is 13.2. The molecular formula is C12H22N2O3S. The molecule has 0 aliphatic carbocycles. The predicted molar refractivity (Wildman–Crippen MR) is 70.1 cm³/mol. The van der Waals surface area contributed by atoms with Crippen LogP contribution in [0.4, 0.5) is 0 Å². The van der Waals surface area contributed by atoms with E-state index in [0.29, 0.717) is 19.0 Å². The Morgan fingerprint density at radius 1 is 1.39 bits per heavy atom. The highest BCUT2D eigenvalue weighted by Crippen LogP contribution is 2.18. The van der Waals surface area contributed by atoms with E-state index < -0.39 is 9.84 Å². The lowest BCUT2D eigenvalue weighted by atomic mass is 10.0. The molecule has 0 bridgehead atoms. The number of hydrogen-bond acceptors (Lipinski definition) is 4. The average Bonchev–Trinajstić information content (AvgIpc) is 2.28. The minimum absolute atomic E-state index is 0.0943. The Morgan fingerprint density at radius 2 is 2.17 bits per heavy atom. The summed E-state index contributed by atoms with van der Waals surface area (Å²) in [7, 11) is -2.96. The van der Waals surface area contributed by atoms with Crippen LogP contribution in [-0.4, -0.2) is 55.9 Å². The molecule has 2 heterocycles. The Morgan fingerprint density at radius 3 is 2.83 bits per heavy atom. The van der Waals surface area contributed by atoms with E-state index in [1.54, 1.807) is 0 Å². The van der Waals surface area contributed by atoms with Gasteiger partial charge < -0.3 is 10.2 Å². The van der Waals surface area contributed by atoms with Crippen LogP contribution in [0, 0.1) is 0 Å². The fourth-order valence-electron chi connectivity index (χ4n) is 2.80. The van der Waals surface area contributed by atoms with Gasteiger partial charge in [-0.25, -0.2) is 8.42 Å². The number of piperidine rings is 1. The maximum atomic E-state index is 12.2. The Kier molecular flexibility index (Phi) is 4.27. The van der Waals surface area contributed by atoms with E-state index in [4.69, 9.17) is 0 Å². The number of carbonyl (C=O) groups is 1. The van der Waals surface area contributed by atoms with Gasteiger partial charge in [0.05, 0.1) is 11.5 Å². The summed E-state index contributed by atoms with van der Waals surface area (Å²) in [4.78, 5) is 14.1. The van der Waals surface area contributed by atoms with Gasteiger partial charge in [-0.05, 0) is 26.2 Å². The van der Waals surface area contributed by atoms with E-state index >= 15 is 0 Å². The van der Waals surface area contributed by atoms with Crippen molar-refractivity contribution in [2.24, 2.45) is 0 Å². The summed E-state index contributed by atoms with van der Waals surface area (Å²) >= 11 is 0. The molecule has 2 rings (SSSR count). The van der Waals surface area contributed by atoms with Gasteiger partial charge in [0.25, 0.3) is 0 Å². The van der Waals surface area contributed by atoms with Gasteiger partial charge in [0.1, 0.15) is 0 Å². The SMILES string of the molecule is CC1CCCCN1C(=O)CC1CS(=O)(=O)CCN1. The molecule has 0 radical (unpaired) electrons. The monoisotopic (exact) mass is 274 g/mol. The summed E-state index contributed by atoms with van der Waals surface area (Å²) in [5.74, 6) is 0.385. The summed E-state index contributed by atoms with van der Waals surface area (Å²) in [5, 5.41) is 3.13. The van der Waals surface area contributed by atoms with E-state index in [2.05, 4.69) is 12.2 Å². The fraction of sp³-hybridized carbons (Fsp3) is 0.917. The summed E-state index contributed by atoms with van der Waals surface area (Å²) in [5.41, 5.74) is 0. The van der Waals surface area contributed by atoms with Gasteiger partial charge in [-0.2, -0.15) is 0 Å². The van der Waals surface area contributed by atoms with Gasteiger partial charge in [0.15, 0.2) is 9.84 Å². The van der Waals surface area contributed by atoms with Crippen LogP contribution in [-0.2, 0) is 14.6 Å². The zero-order valence-corrected chi connectivity index (χ0v) is 11.7. The second kappa shape index (κ2) is 5.57. The fourth-order valence-corrected chi connectivity index (χ4v) is 4.24. The minimum atomic E-state index is -2.96. The molecule has 0 aromatic heterocycles. The first-order valence-electron chi connectivity index (χ1n) is 6.71. The normalized spacial score (nSPS) is 32.2. The number of likely N-dealkylation sites (tertiary alicyclic amines) is 1. The smallest absolute Gasteiger partial charge is 0.224 e. The number of hydrogen-bond donors (Lipinski definition) is 1. The number of nitrogens with zero attached hydrogens (tertiary/aromatic N) is 1. The van der Waals surface area contributed by atoms with E-state index in [1.165, 1.54) is 6.42 Å². The summed E-state index contributed by atoms with van der Waals surface area (Å²) in [6.07, 6.45) is 3.61. The second-order valence-corrected chi connectivity index (χ2v) is 7.63. The maximum Gasteiger partial charge on any atom is 0.224 e. The molecule has 18 heavy (non-hydrogen) atoms. The van der Waals surface area contributed by atoms with Gasteiger partial charge in [-0.15, -0.1) is 0 Å². The van der Waals surface area contributed by atoms with Crippen LogP contribution in [0.15, 0.2) is 0 Å². The van der Waals surface area contributed by atoms with Crippen molar-refractivity contribution < 1.29 is 13.2 Å². The highest BCUT2D eigenvalue weighted by molar-refractivity contribution is 7.91. The molecule has 0 spiro atoms. The van der Waals surface area contributed by atoms with Crippen LogP contribution in [0.3, 0.4) is 0 Å². The largest absolute Gasteiger partial charge is 0.340 e. The second-order valence-electron chi connectivity index (χ2n) is 5.40. The first-order valence-corrected chi connectivity index (χ1v) is 8.53. The quantitative estimate of drug-likeness (QED) is 0.779. The predicted octanol–water partition coefficient (Wildman–Crippen LogP) is 0.164. The van der Waals surface area contributed by atoms with Crippen LogP contribution >= 0.6 is 0 Å². The lowest BCUT2D eigenvalue weighted by Crippen LogP contribution is -2.49. The molecule has 2 atom stereocenters. The molecule has 5 nitrogen and oxygen atoms in total. The van der Waals surface area contributed by atoms with E-state index in [0.717, 1.165) is 19.4 Å². The lowest BCUT2D eigenvalue weighted by Gasteiger charge is -2.35. The molecule has 0 aromatic rings. The number of sulfone groups is 1. The maximum absolute atomic E-state index is 12.2. The molecule has 2 fully saturated rings. The molecule has 2 aliphatic heterocycles. The number of carbonyl (C=O) groups excluding carboxylic acids is 1. The van der Waals surface area contributed by atoms with Crippen LogP contribution in [0.25, 0.3) is 0 Å². The van der Waals surface area contributed by atoms with Crippen LogP contribution in [0.2, 0.25) is 0 Å². The number of amides is 1. The third-order valence-corrected chi connectivity index (χ3v) is 5.58. The van der Waals surface area contributed by atoms with E-state index in [1.807, 2.05) is 4.90 Å². The van der Waals surface area contributed by atoms with Crippen molar-refractivity contribution in [3.63, 3.8) is 0 Å². The molecule has 6 heteroatoms. The average molecular weight is 274 g/mol. The van der Waals surface area contributed by atoms with Gasteiger partial charge in [0, 0.05) is 31.6 Å². The van der Waals surface area contributed by atoms with Gasteiger partial charge in [-0.3, -0.25) is 4.79 Å². The van der Waals surface area contributed by atoms with Crippen molar-refractivity contribution in [3.05, 3.63) is 0 Å². The third kappa shape index (κ3) is 3.45.